The van der Waals surface area contributed by atoms with Crippen LogP contribution in [0.3, 0.4) is 0 Å². The highest BCUT2D eigenvalue weighted by Crippen LogP contribution is 2.10. The van der Waals surface area contributed by atoms with Crippen LogP contribution < -0.4 is 10.6 Å². The van der Waals surface area contributed by atoms with E-state index in [2.05, 4.69) is 44.8 Å². The first kappa shape index (κ1) is 17.4. The van der Waals surface area contributed by atoms with Gasteiger partial charge in [-0.2, -0.15) is 4.98 Å². The Bertz CT molecular complexity index is 570. The lowest BCUT2D eigenvalue weighted by Gasteiger charge is -2.17. The minimum Gasteiger partial charge on any atom is -0.350 e. The summed E-state index contributed by atoms with van der Waals surface area (Å²) in [4.78, 5) is 8.31. The van der Waals surface area contributed by atoms with E-state index in [1.165, 1.54) is 5.56 Å². The summed E-state index contributed by atoms with van der Waals surface area (Å²) in [6, 6.07) is 10.3. The zero-order valence-electron chi connectivity index (χ0n) is 12.3. The summed E-state index contributed by atoms with van der Waals surface area (Å²) in [6.07, 6.45) is 0. The summed E-state index contributed by atoms with van der Waals surface area (Å²) < 4.78 is 5.04. The normalized spacial score (nSPS) is 12.4. The molecule has 1 aromatic carbocycles. The first-order chi connectivity index (χ1) is 9.69. The van der Waals surface area contributed by atoms with Crippen molar-refractivity contribution in [3.63, 3.8) is 0 Å². The number of aryl methyl sites for hydroxylation is 1. The molecule has 7 heteroatoms. The van der Waals surface area contributed by atoms with Crippen molar-refractivity contribution in [2.24, 2.45) is 4.99 Å². The molecule has 1 unspecified atom stereocenters. The molecule has 0 spiro atoms. The van der Waals surface area contributed by atoms with Crippen LogP contribution in [0.4, 0.5) is 0 Å². The first-order valence-corrected chi connectivity index (χ1v) is 6.50. The Morgan fingerprint density at radius 2 is 2.05 bits per heavy atom. The van der Waals surface area contributed by atoms with Crippen molar-refractivity contribution in [3.05, 3.63) is 47.6 Å². The number of aromatic nitrogens is 2. The van der Waals surface area contributed by atoms with Crippen LogP contribution in [0.25, 0.3) is 0 Å². The maximum absolute atomic E-state index is 5.04. The molecule has 6 nitrogen and oxygen atoms in total. The van der Waals surface area contributed by atoms with E-state index in [1.54, 1.807) is 14.0 Å². The monoisotopic (exact) mass is 401 g/mol. The number of halogens is 1. The largest absolute Gasteiger partial charge is 0.350 e. The van der Waals surface area contributed by atoms with Crippen molar-refractivity contribution in [2.75, 3.05) is 7.05 Å². The van der Waals surface area contributed by atoms with Gasteiger partial charge in [0.25, 0.3) is 0 Å². The number of aliphatic imine (C=N–C) groups is 1. The summed E-state index contributed by atoms with van der Waals surface area (Å²) in [5.74, 6) is 1.86. The highest BCUT2D eigenvalue weighted by Gasteiger charge is 2.08. The van der Waals surface area contributed by atoms with Crippen LogP contribution in [0.5, 0.6) is 0 Å². The molecule has 2 rings (SSSR count). The number of hydrogen-bond donors (Lipinski definition) is 2. The van der Waals surface area contributed by atoms with Crippen LogP contribution in [0.15, 0.2) is 39.8 Å². The molecular formula is C14H20IN5O. The topological polar surface area (TPSA) is 75.3 Å². The van der Waals surface area contributed by atoms with E-state index in [1.807, 2.05) is 18.2 Å². The molecule has 1 aromatic heterocycles. The zero-order valence-corrected chi connectivity index (χ0v) is 14.7. The second kappa shape index (κ2) is 8.60. The molecule has 1 atom stereocenters. The van der Waals surface area contributed by atoms with Crippen LogP contribution in [0.2, 0.25) is 0 Å². The fourth-order valence-electron chi connectivity index (χ4n) is 1.80. The predicted octanol–water partition coefficient (Wildman–Crippen LogP) is 2.42. The van der Waals surface area contributed by atoms with Gasteiger partial charge in [0.1, 0.15) is 0 Å². The molecule has 2 aromatic rings. The lowest BCUT2D eigenvalue weighted by Crippen LogP contribution is -2.38. The molecule has 114 valence electrons. The SMILES string of the molecule is CN=C(NCc1nc(C)no1)NC(C)c1ccccc1.I. The van der Waals surface area contributed by atoms with Gasteiger partial charge in [0.15, 0.2) is 11.8 Å². The Hall–Kier alpha value is -1.64. The Balaban J connectivity index is 0.00000220. The minimum absolute atomic E-state index is 0. The number of rotatable bonds is 4. The third kappa shape index (κ3) is 5.33. The van der Waals surface area contributed by atoms with Crippen LogP contribution in [0, 0.1) is 6.92 Å². The molecule has 0 saturated heterocycles. The lowest BCUT2D eigenvalue weighted by molar-refractivity contribution is 0.371. The van der Waals surface area contributed by atoms with Gasteiger partial charge < -0.3 is 15.2 Å². The number of hydrogen-bond acceptors (Lipinski definition) is 4. The summed E-state index contributed by atoms with van der Waals surface area (Å²) in [6.45, 7) is 4.32. The van der Waals surface area contributed by atoms with E-state index in [0.717, 1.165) is 0 Å². The van der Waals surface area contributed by atoms with Crippen LogP contribution in [0.1, 0.15) is 30.2 Å². The van der Waals surface area contributed by atoms with E-state index in [-0.39, 0.29) is 30.0 Å². The maximum atomic E-state index is 5.04. The highest BCUT2D eigenvalue weighted by atomic mass is 127. The summed E-state index contributed by atoms with van der Waals surface area (Å²) in [5, 5.41) is 10.2. The van der Waals surface area contributed by atoms with E-state index < -0.39 is 0 Å². The fourth-order valence-corrected chi connectivity index (χ4v) is 1.80. The van der Waals surface area contributed by atoms with Gasteiger partial charge >= 0.3 is 0 Å². The highest BCUT2D eigenvalue weighted by molar-refractivity contribution is 14.0. The van der Waals surface area contributed by atoms with E-state index in [0.29, 0.717) is 24.2 Å². The van der Waals surface area contributed by atoms with Crippen molar-refractivity contribution < 1.29 is 4.52 Å². The van der Waals surface area contributed by atoms with Gasteiger partial charge in [-0.05, 0) is 19.4 Å². The summed E-state index contributed by atoms with van der Waals surface area (Å²) >= 11 is 0. The molecule has 0 amide bonds. The molecule has 21 heavy (non-hydrogen) atoms. The van der Waals surface area contributed by atoms with Crippen molar-refractivity contribution in [1.82, 2.24) is 20.8 Å². The molecule has 2 N–H and O–H groups in total. The van der Waals surface area contributed by atoms with Crippen molar-refractivity contribution in [2.45, 2.75) is 26.4 Å². The molecule has 0 bridgehead atoms. The molecular weight excluding hydrogens is 381 g/mol. The fraction of sp³-hybridized carbons (Fsp3) is 0.357. The van der Waals surface area contributed by atoms with Gasteiger partial charge in [-0.25, -0.2) is 0 Å². The molecule has 0 fully saturated rings. The number of benzene rings is 1. The molecule has 1 heterocycles. The summed E-state index contributed by atoms with van der Waals surface area (Å²) in [7, 11) is 1.73. The lowest BCUT2D eigenvalue weighted by atomic mass is 10.1. The zero-order chi connectivity index (χ0) is 14.4. The molecule has 0 aliphatic carbocycles. The second-order valence-electron chi connectivity index (χ2n) is 4.44. The van der Waals surface area contributed by atoms with E-state index in [9.17, 15) is 0 Å². The van der Waals surface area contributed by atoms with Crippen LogP contribution in [-0.2, 0) is 6.54 Å². The Morgan fingerprint density at radius 1 is 1.33 bits per heavy atom. The first-order valence-electron chi connectivity index (χ1n) is 6.50. The summed E-state index contributed by atoms with van der Waals surface area (Å²) in [5.41, 5.74) is 1.20. The average molecular weight is 401 g/mol. The van der Waals surface area contributed by atoms with Gasteiger partial charge in [-0.1, -0.05) is 35.5 Å². The molecule has 0 aliphatic rings. The minimum atomic E-state index is 0. The van der Waals surface area contributed by atoms with Gasteiger partial charge in [0.2, 0.25) is 5.89 Å². The standard InChI is InChI=1S/C14H19N5O.HI/c1-10(12-7-5-4-6-8-12)17-14(15-3)16-9-13-18-11(2)19-20-13;/h4-8,10H,9H2,1-3H3,(H2,15,16,17);1H. The average Bonchev–Trinajstić information content (AvgIpc) is 2.89. The van der Waals surface area contributed by atoms with Crippen LogP contribution in [-0.4, -0.2) is 23.1 Å². The smallest absolute Gasteiger partial charge is 0.246 e. The second-order valence-corrected chi connectivity index (χ2v) is 4.44. The van der Waals surface area contributed by atoms with Crippen molar-refractivity contribution in [1.29, 1.82) is 0 Å². The predicted molar refractivity (Wildman–Crippen MR) is 92.6 cm³/mol. The number of nitrogens with zero attached hydrogens (tertiary/aromatic N) is 3. The van der Waals surface area contributed by atoms with Crippen LogP contribution >= 0.6 is 24.0 Å². The quantitative estimate of drug-likeness (QED) is 0.468. The third-order valence-corrected chi connectivity index (χ3v) is 2.85. The molecule has 0 radical (unpaired) electrons. The van der Waals surface area contributed by atoms with E-state index >= 15 is 0 Å². The van der Waals surface area contributed by atoms with Crippen molar-refractivity contribution >= 4 is 29.9 Å². The van der Waals surface area contributed by atoms with Gasteiger partial charge in [0.05, 0.1) is 12.6 Å². The molecule has 0 saturated carbocycles. The maximum Gasteiger partial charge on any atom is 0.246 e. The number of nitrogens with one attached hydrogen (secondary N) is 2. The third-order valence-electron chi connectivity index (χ3n) is 2.85. The van der Waals surface area contributed by atoms with Crippen molar-refractivity contribution in [3.8, 4) is 0 Å². The Kier molecular flexibility index (Phi) is 7.13. The number of guanidine groups is 1. The van der Waals surface area contributed by atoms with Gasteiger partial charge in [-0.15, -0.1) is 24.0 Å². The van der Waals surface area contributed by atoms with Gasteiger partial charge in [0, 0.05) is 7.05 Å². The Labute approximate surface area is 141 Å². The van der Waals surface area contributed by atoms with Gasteiger partial charge in [-0.3, -0.25) is 4.99 Å². The Morgan fingerprint density at radius 3 is 2.62 bits per heavy atom. The molecule has 0 aliphatic heterocycles. The van der Waals surface area contributed by atoms with E-state index in [4.69, 9.17) is 4.52 Å².